The van der Waals surface area contributed by atoms with E-state index in [-0.39, 0.29) is 0 Å². The van der Waals surface area contributed by atoms with Gasteiger partial charge in [-0.25, -0.2) is 0 Å². The van der Waals surface area contributed by atoms with E-state index < -0.39 is 0 Å². The van der Waals surface area contributed by atoms with Gasteiger partial charge in [-0.15, -0.1) is 0 Å². The molecule has 66 valence electrons. The van der Waals surface area contributed by atoms with Gasteiger partial charge in [0.25, 0.3) is 0 Å². The van der Waals surface area contributed by atoms with Crippen LogP contribution in [0.4, 0.5) is 0 Å². The summed E-state index contributed by atoms with van der Waals surface area (Å²) < 4.78 is 5.73. The third kappa shape index (κ3) is 1.16. The van der Waals surface area contributed by atoms with Crippen LogP contribution in [-0.2, 0) is 0 Å². The van der Waals surface area contributed by atoms with Gasteiger partial charge in [-0.3, -0.25) is 5.10 Å². The van der Waals surface area contributed by atoms with Gasteiger partial charge in [0.1, 0.15) is 11.3 Å². The van der Waals surface area contributed by atoms with Gasteiger partial charge in [0.05, 0.1) is 12.3 Å². The first kappa shape index (κ1) is 6.95. The van der Waals surface area contributed by atoms with Crippen molar-refractivity contribution in [3.8, 4) is 5.75 Å². The molecule has 3 heteroatoms. The molecule has 1 fully saturated rings. The SMILES string of the molecule is c1cc(OC2CC2)c2[nH]ncc2c1. The van der Waals surface area contributed by atoms with E-state index in [0.717, 1.165) is 16.7 Å². The summed E-state index contributed by atoms with van der Waals surface area (Å²) in [5, 5.41) is 8.04. The molecule has 1 heterocycles. The maximum Gasteiger partial charge on any atom is 0.145 e. The Hall–Kier alpha value is -1.51. The highest BCUT2D eigenvalue weighted by molar-refractivity contribution is 5.83. The van der Waals surface area contributed by atoms with Gasteiger partial charge in [-0.05, 0) is 18.9 Å². The summed E-state index contributed by atoms with van der Waals surface area (Å²) in [7, 11) is 0. The van der Waals surface area contributed by atoms with E-state index in [0.29, 0.717) is 6.10 Å². The molecule has 0 spiro atoms. The Bertz CT molecular complexity index is 431. The number of nitrogens with one attached hydrogen (secondary N) is 1. The molecule has 1 aliphatic carbocycles. The molecule has 13 heavy (non-hydrogen) atoms. The van der Waals surface area contributed by atoms with E-state index in [1.807, 2.05) is 24.4 Å². The van der Waals surface area contributed by atoms with Crippen LogP contribution < -0.4 is 4.74 Å². The molecule has 0 bridgehead atoms. The first-order chi connectivity index (χ1) is 6.43. The Morgan fingerprint density at radius 1 is 1.38 bits per heavy atom. The van der Waals surface area contributed by atoms with Crippen molar-refractivity contribution >= 4 is 10.9 Å². The third-order valence-electron chi connectivity index (χ3n) is 2.26. The standard InChI is InChI=1S/C10H10N2O/c1-2-7-6-11-12-10(7)9(3-1)13-8-4-5-8/h1-3,6,8H,4-5H2,(H,11,12). The lowest BCUT2D eigenvalue weighted by Crippen LogP contribution is -1.96. The second-order valence-electron chi connectivity index (χ2n) is 3.41. The number of para-hydroxylation sites is 1. The number of rotatable bonds is 2. The molecule has 0 amide bonds. The summed E-state index contributed by atoms with van der Waals surface area (Å²) in [4.78, 5) is 0. The average molecular weight is 174 g/mol. The highest BCUT2D eigenvalue weighted by Gasteiger charge is 2.24. The molecular formula is C10H10N2O. The van der Waals surface area contributed by atoms with Crippen molar-refractivity contribution in [2.45, 2.75) is 18.9 Å². The Balaban J connectivity index is 2.09. The minimum absolute atomic E-state index is 0.439. The van der Waals surface area contributed by atoms with Crippen LogP contribution in [0.25, 0.3) is 10.9 Å². The monoisotopic (exact) mass is 174 g/mol. The molecule has 0 atom stereocenters. The van der Waals surface area contributed by atoms with Crippen molar-refractivity contribution in [3.05, 3.63) is 24.4 Å². The number of fused-ring (bicyclic) bond motifs is 1. The summed E-state index contributed by atoms with van der Waals surface area (Å²) in [6, 6.07) is 6.01. The molecule has 3 nitrogen and oxygen atoms in total. The minimum atomic E-state index is 0.439. The summed E-state index contributed by atoms with van der Waals surface area (Å²) in [6.07, 6.45) is 4.62. The quantitative estimate of drug-likeness (QED) is 0.757. The lowest BCUT2D eigenvalue weighted by atomic mass is 10.2. The number of hydrogen-bond donors (Lipinski definition) is 1. The molecule has 0 radical (unpaired) electrons. The summed E-state index contributed by atoms with van der Waals surface area (Å²) in [5.74, 6) is 0.928. The first-order valence-corrected chi connectivity index (χ1v) is 4.52. The van der Waals surface area contributed by atoms with Gasteiger partial charge in [0.2, 0.25) is 0 Å². The fraction of sp³-hybridized carbons (Fsp3) is 0.300. The third-order valence-corrected chi connectivity index (χ3v) is 2.26. The second kappa shape index (κ2) is 2.49. The molecular weight excluding hydrogens is 164 g/mol. The number of ether oxygens (including phenoxy) is 1. The van der Waals surface area contributed by atoms with Gasteiger partial charge in [-0.2, -0.15) is 5.10 Å². The molecule has 1 N–H and O–H groups in total. The zero-order valence-corrected chi connectivity index (χ0v) is 7.16. The van der Waals surface area contributed by atoms with Crippen molar-refractivity contribution in [1.29, 1.82) is 0 Å². The van der Waals surface area contributed by atoms with E-state index in [1.165, 1.54) is 12.8 Å². The first-order valence-electron chi connectivity index (χ1n) is 4.52. The van der Waals surface area contributed by atoms with Crippen molar-refractivity contribution in [1.82, 2.24) is 10.2 Å². The maximum absolute atomic E-state index is 5.73. The predicted octanol–water partition coefficient (Wildman–Crippen LogP) is 2.10. The second-order valence-corrected chi connectivity index (χ2v) is 3.41. The molecule has 1 saturated carbocycles. The largest absolute Gasteiger partial charge is 0.488 e. The number of aromatic nitrogens is 2. The predicted molar refractivity (Wildman–Crippen MR) is 49.7 cm³/mol. The van der Waals surface area contributed by atoms with E-state index >= 15 is 0 Å². The van der Waals surface area contributed by atoms with Crippen LogP contribution >= 0.6 is 0 Å². The molecule has 0 saturated heterocycles. The molecule has 1 aromatic carbocycles. The fourth-order valence-electron chi connectivity index (χ4n) is 1.41. The number of nitrogens with zero attached hydrogens (tertiary/aromatic N) is 1. The van der Waals surface area contributed by atoms with E-state index in [2.05, 4.69) is 10.2 Å². The van der Waals surface area contributed by atoms with Crippen LogP contribution in [0.1, 0.15) is 12.8 Å². The van der Waals surface area contributed by atoms with Crippen LogP contribution in [-0.4, -0.2) is 16.3 Å². The smallest absolute Gasteiger partial charge is 0.145 e. The number of H-pyrrole nitrogens is 1. The Kier molecular flexibility index (Phi) is 1.33. The fourth-order valence-corrected chi connectivity index (χ4v) is 1.41. The van der Waals surface area contributed by atoms with Crippen LogP contribution in [0.2, 0.25) is 0 Å². The van der Waals surface area contributed by atoms with Crippen molar-refractivity contribution in [2.24, 2.45) is 0 Å². The number of hydrogen-bond acceptors (Lipinski definition) is 2. The van der Waals surface area contributed by atoms with E-state index in [9.17, 15) is 0 Å². The Morgan fingerprint density at radius 2 is 2.31 bits per heavy atom. The Morgan fingerprint density at radius 3 is 3.15 bits per heavy atom. The molecule has 3 rings (SSSR count). The van der Waals surface area contributed by atoms with Gasteiger partial charge < -0.3 is 4.74 Å². The van der Waals surface area contributed by atoms with Crippen molar-refractivity contribution in [3.63, 3.8) is 0 Å². The number of benzene rings is 1. The van der Waals surface area contributed by atoms with Gasteiger partial charge in [0, 0.05) is 5.39 Å². The average Bonchev–Trinajstić information content (AvgIpc) is 2.83. The number of aromatic amines is 1. The van der Waals surface area contributed by atoms with Gasteiger partial charge in [-0.1, -0.05) is 12.1 Å². The zero-order valence-electron chi connectivity index (χ0n) is 7.16. The minimum Gasteiger partial charge on any atom is -0.488 e. The normalized spacial score (nSPS) is 16.3. The molecule has 1 aromatic heterocycles. The van der Waals surface area contributed by atoms with Crippen molar-refractivity contribution in [2.75, 3.05) is 0 Å². The van der Waals surface area contributed by atoms with Gasteiger partial charge >= 0.3 is 0 Å². The molecule has 1 aliphatic rings. The van der Waals surface area contributed by atoms with Crippen LogP contribution in [0.3, 0.4) is 0 Å². The highest BCUT2D eigenvalue weighted by atomic mass is 16.5. The maximum atomic E-state index is 5.73. The van der Waals surface area contributed by atoms with Crippen LogP contribution in [0, 0.1) is 0 Å². The van der Waals surface area contributed by atoms with Crippen LogP contribution in [0.15, 0.2) is 24.4 Å². The van der Waals surface area contributed by atoms with Crippen molar-refractivity contribution < 1.29 is 4.74 Å². The lowest BCUT2D eigenvalue weighted by Gasteiger charge is -2.03. The van der Waals surface area contributed by atoms with E-state index in [4.69, 9.17) is 4.74 Å². The van der Waals surface area contributed by atoms with Gasteiger partial charge in [0.15, 0.2) is 0 Å². The zero-order chi connectivity index (χ0) is 8.67. The summed E-state index contributed by atoms with van der Waals surface area (Å²) in [5.41, 5.74) is 1.01. The highest BCUT2D eigenvalue weighted by Crippen LogP contribution is 2.30. The Labute approximate surface area is 75.7 Å². The lowest BCUT2D eigenvalue weighted by molar-refractivity contribution is 0.306. The molecule has 0 unspecified atom stereocenters. The summed E-state index contributed by atoms with van der Waals surface area (Å²) >= 11 is 0. The topological polar surface area (TPSA) is 37.9 Å². The summed E-state index contributed by atoms with van der Waals surface area (Å²) in [6.45, 7) is 0. The van der Waals surface area contributed by atoms with E-state index in [1.54, 1.807) is 0 Å². The van der Waals surface area contributed by atoms with Crippen LogP contribution in [0.5, 0.6) is 5.75 Å². The molecule has 2 aromatic rings. The molecule has 0 aliphatic heterocycles.